The molecule has 0 spiro atoms. The molecule has 0 unspecified atom stereocenters. The number of halogens is 1. The van der Waals surface area contributed by atoms with Crippen LogP contribution in [0.2, 0.25) is 5.02 Å². The topological polar surface area (TPSA) is 56.5 Å². The van der Waals surface area contributed by atoms with Gasteiger partial charge in [-0.3, -0.25) is 0 Å². The van der Waals surface area contributed by atoms with Gasteiger partial charge in [0.2, 0.25) is 0 Å². The second kappa shape index (κ2) is 5.06. The number of ether oxygens (including phenoxy) is 1. The van der Waals surface area contributed by atoms with Crippen LogP contribution in [0.1, 0.15) is 16.1 Å². The van der Waals surface area contributed by atoms with Gasteiger partial charge in [-0.05, 0) is 25.1 Å². The molecular weight excluding hydrogens is 256 g/mol. The first-order valence-electron chi connectivity index (χ1n) is 5.14. The normalized spacial score (nSPS) is 10.1. The molecule has 1 aromatic heterocycles. The SMILES string of the molecule is Cc1cc(OC(=O)c2cccc(Cl)c2)cc(=O)o1. The van der Waals surface area contributed by atoms with E-state index in [1.807, 2.05) is 0 Å². The van der Waals surface area contributed by atoms with E-state index < -0.39 is 11.6 Å². The van der Waals surface area contributed by atoms with Crippen LogP contribution in [-0.4, -0.2) is 5.97 Å². The summed E-state index contributed by atoms with van der Waals surface area (Å²) in [6.07, 6.45) is 0. The maximum absolute atomic E-state index is 11.8. The third kappa shape index (κ3) is 2.99. The molecule has 0 saturated heterocycles. The zero-order valence-electron chi connectivity index (χ0n) is 9.48. The first kappa shape index (κ1) is 12.4. The third-order valence-electron chi connectivity index (χ3n) is 2.14. The molecule has 0 saturated carbocycles. The molecule has 2 rings (SSSR count). The number of carbonyl (C=O) groups excluding carboxylic acids is 1. The molecule has 0 amide bonds. The first-order valence-corrected chi connectivity index (χ1v) is 5.52. The van der Waals surface area contributed by atoms with E-state index in [4.69, 9.17) is 20.8 Å². The lowest BCUT2D eigenvalue weighted by molar-refractivity contribution is 0.0733. The molecule has 1 heterocycles. The molecule has 92 valence electrons. The van der Waals surface area contributed by atoms with Crippen molar-refractivity contribution in [3.63, 3.8) is 0 Å². The van der Waals surface area contributed by atoms with Crippen molar-refractivity contribution in [1.82, 2.24) is 0 Å². The first-order chi connectivity index (χ1) is 8.54. The van der Waals surface area contributed by atoms with Crippen LogP contribution in [-0.2, 0) is 0 Å². The number of carbonyl (C=O) groups is 1. The van der Waals surface area contributed by atoms with Gasteiger partial charge in [0, 0.05) is 11.1 Å². The zero-order valence-corrected chi connectivity index (χ0v) is 10.2. The maximum Gasteiger partial charge on any atom is 0.343 e. The lowest BCUT2D eigenvalue weighted by Gasteiger charge is -2.04. The Morgan fingerprint density at radius 3 is 2.72 bits per heavy atom. The Balaban J connectivity index is 2.24. The van der Waals surface area contributed by atoms with E-state index in [2.05, 4.69) is 0 Å². The minimum Gasteiger partial charge on any atom is -0.428 e. The Hall–Kier alpha value is -2.07. The highest BCUT2D eigenvalue weighted by Gasteiger charge is 2.10. The predicted molar refractivity (Wildman–Crippen MR) is 66.1 cm³/mol. The van der Waals surface area contributed by atoms with E-state index in [-0.39, 0.29) is 5.75 Å². The Labute approximate surface area is 108 Å². The molecule has 1 aromatic carbocycles. The van der Waals surface area contributed by atoms with Crippen molar-refractivity contribution in [2.24, 2.45) is 0 Å². The summed E-state index contributed by atoms with van der Waals surface area (Å²) in [5.74, 6) is -0.0624. The largest absolute Gasteiger partial charge is 0.428 e. The lowest BCUT2D eigenvalue weighted by Crippen LogP contribution is -2.10. The predicted octanol–water partition coefficient (Wildman–Crippen LogP) is 2.82. The highest BCUT2D eigenvalue weighted by molar-refractivity contribution is 6.30. The molecule has 0 atom stereocenters. The van der Waals surface area contributed by atoms with Crippen molar-refractivity contribution in [2.45, 2.75) is 6.92 Å². The van der Waals surface area contributed by atoms with Crippen molar-refractivity contribution < 1.29 is 13.9 Å². The molecule has 0 fully saturated rings. The Kier molecular flexibility index (Phi) is 3.48. The van der Waals surface area contributed by atoms with Crippen LogP contribution in [0.25, 0.3) is 0 Å². The summed E-state index contributed by atoms with van der Waals surface area (Å²) in [7, 11) is 0. The van der Waals surface area contributed by atoms with E-state index in [1.54, 1.807) is 25.1 Å². The summed E-state index contributed by atoms with van der Waals surface area (Å²) in [4.78, 5) is 22.9. The van der Waals surface area contributed by atoms with Crippen molar-refractivity contribution >= 4 is 17.6 Å². The van der Waals surface area contributed by atoms with E-state index in [0.717, 1.165) is 6.07 Å². The monoisotopic (exact) mass is 264 g/mol. The van der Waals surface area contributed by atoms with Gasteiger partial charge in [-0.2, -0.15) is 0 Å². The molecular formula is C13H9ClO4. The van der Waals surface area contributed by atoms with Gasteiger partial charge in [0.05, 0.1) is 11.6 Å². The summed E-state index contributed by atoms with van der Waals surface area (Å²) in [5, 5.41) is 0.438. The molecule has 4 nitrogen and oxygen atoms in total. The van der Waals surface area contributed by atoms with Crippen LogP contribution in [0, 0.1) is 6.92 Å². The second-order valence-corrected chi connectivity index (χ2v) is 4.06. The Morgan fingerprint density at radius 2 is 2.06 bits per heavy atom. The van der Waals surface area contributed by atoms with Gasteiger partial charge in [0.25, 0.3) is 0 Å². The summed E-state index contributed by atoms with van der Waals surface area (Å²) >= 11 is 5.77. The lowest BCUT2D eigenvalue weighted by atomic mass is 10.2. The smallest absolute Gasteiger partial charge is 0.343 e. The fraction of sp³-hybridized carbons (Fsp3) is 0.0769. The van der Waals surface area contributed by atoms with E-state index in [0.29, 0.717) is 16.3 Å². The number of hydrogen-bond donors (Lipinski definition) is 0. The second-order valence-electron chi connectivity index (χ2n) is 3.62. The van der Waals surface area contributed by atoms with Gasteiger partial charge in [0.15, 0.2) is 0 Å². The minimum absolute atomic E-state index is 0.147. The molecule has 0 aliphatic heterocycles. The van der Waals surface area contributed by atoms with E-state index in [1.165, 1.54) is 12.1 Å². The van der Waals surface area contributed by atoms with Crippen LogP contribution in [0.3, 0.4) is 0 Å². The van der Waals surface area contributed by atoms with E-state index in [9.17, 15) is 9.59 Å². The summed E-state index contributed by atoms with van der Waals surface area (Å²) in [5.41, 5.74) is -0.253. The quantitative estimate of drug-likeness (QED) is 0.783. The Bertz CT molecular complexity index is 645. The molecule has 0 radical (unpaired) electrons. The highest BCUT2D eigenvalue weighted by atomic mass is 35.5. The number of aryl methyl sites for hydroxylation is 1. The van der Waals surface area contributed by atoms with Gasteiger partial charge in [-0.15, -0.1) is 0 Å². The molecule has 2 aromatic rings. The molecule has 0 bridgehead atoms. The summed E-state index contributed by atoms with van der Waals surface area (Å²) in [6.45, 7) is 1.60. The van der Waals surface area contributed by atoms with Gasteiger partial charge in [-0.25, -0.2) is 9.59 Å². The standard InChI is InChI=1S/C13H9ClO4/c1-8-5-11(7-12(15)17-8)18-13(16)9-3-2-4-10(14)6-9/h2-7H,1H3. The number of esters is 1. The van der Waals surface area contributed by atoms with Crippen LogP contribution in [0.5, 0.6) is 5.75 Å². The van der Waals surface area contributed by atoms with Gasteiger partial charge in [0.1, 0.15) is 11.5 Å². The van der Waals surface area contributed by atoms with Crippen LogP contribution < -0.4 is 10.4 Å². The van der Waals surface area contributed by atoms with Gasteiger partial charge >= 0.3 is 11.6 Å². The van der Waals surface area contributed by atoms with Gasteiger partial charge < -0.3 is 9.15 Å². The average molecular weight is 265 g/mol. The van der Waals surface area contributed by atoms with Crippen molar-refractivity contribution in [2.75, 3.05) is 0 Å². The maximum atomic E-state index is 11.8. The fourth-order valence-electron chi connectivity index (χ4n) is 1.42. The number of hydrogen-bond acceptors (Lipinski definition) is 4. The summed E-state index contributed by atoms with van der Waals surface area (Å²) < 4.78 is 9.82. The van der Waals surface area contributed by atoms with Crippen molar-refractivity contribution in [1.29, 1.82) is 0 Å². The fourth-order valence-corrected chi connectivity index (χ4v) is 1.61. The number of rotatable bonds is 2. The third-order valence-corrected chi connectivity index (χ3v) is 2.37. The average Bonchev–Trinajstić information content (AvgIpc) is 2.27. The minimum atomic E-state index is -0.581. The van der Waals surface area contributed by atoms with Crippen molar-refractivity contribution in [3.05, 3.63) is 63.2 Å². The van der Waals surface area contributed by atoms with E-state index >= 15 is 0 Å². The highest BCUT2D eigenvalue weighted by Crippen LogP contribution is 2.15. The van der Waals surface area contributed by atoms with Crippen LogP contribution in [0.15, 0.2) is 45.6 Å². The Morgan fingerprint density at radius 1 is 1.28 bits per heavy atom. The van der Waals surface area contributed by atoms with Crippen LogP contribution in [0.4, 0.5) is 0 Å². The molecule has 18 heavy (non-hydrogen) atoms. The van der Waals surface area contributed by atoms with Crippen LogP contribution >= 0.6 is 11.6 Å². The molecule has 5 heteroatoms. The molecule has 0 aliphatic carbocycles. The molecule has 0 N–H and O–H groups in total. The summed E-state index contributed by atoms with van der Waals surface area (Å²) in [6, 6.07) is 8.93. The number of benzene rings is 1. The molecule has 0 aliphatic rings. The van der Waals surface area contributed by atoms with Gasteiger partial charge in [-0.1, -0.05) is 17.7 Å². The van der Waals surface area contributed by atoms with Crippen molar-refractivity contribution in [3.8, 4) is 5.75 Å². The zero-order chi connectivity index (χ0) is 13.1.